The van der Waals surface area contributed by atoms with Crippen LogP contribution in [-0.2, 0) is 6.18 Å². The van der Waals surface area contributed by atoms with Gasteiger partial charge in [0, 0.05) is 11.3 Å². The predicted molar refractivity (Wildman–Crippen MR) is 88.9 cm³/mol. The molecular weight excluding hydrogens is 375 g/mol. The van der Waals surface area contributed by atoms with Crippen molar-refractivity contribution in [2.75, 3.05) is 5.32 Å². The summed E-state index contributed by atoms with van der Waals surface area (Å²) < 4.78 is 38.8. The van der Waals surface area contributed by atoms with E-state index in [4.69, 9.17) is 16.7 Å². The normalized spacial score (nSPS) is 11.3. The molecule has 0 spiro atoms. The Balaban J connectivity index is 2.42. The van der Waals surface area contributed by atoms with Crippen LogP contribution in [-0.4, -0.2) is 22.1 Å². The number of amides is 1. The number of nitrogens with one attached hydrogen (secondary N) is 1. The van der Waals surface area contributed by atoms with Crippen LogP contribution in [0.25, 0.3) is 0 Å². The Morgan fingerprint density at radius 2 is 1.73 bits per heavy atom. The Morgan fingerprint density at radius 1 is 1.12 bits per heavy atom. The molecule has 0 radical (unpaired) electrons. The predicted octanol–water partition coefficient (Wildman–Crippen LogP) is 4.63. The summed E-state index contributed by atoms with van der Waals surface area (Å²) >= 11 is 5.59. The largest absolute Gasteiger partial charge is 0.506 e. The van der Waals surface area contributed by atoms with Crippen molar-refractivity contribution >= 4 is 29.2 Å². The highest BCUT2D eigenvalue weighted by Gasteiger charge is 2.36. The molecule has 0 aliphatic carbocycles. The van der Waals surface area contributed by atoms with Gasteiger partial charge in [0.1, 0.15) is 5.75 Å². The molecule has 0 bridgehead atoms. The lowest BCUT2D eigenvalue weighted by Crippen LogP contribution is -2.16. The summed E-state index contributed by atoms with van der Waals surface area (Å²) in [6, 6.07) is 4.03. The third-order valence-electron chi connectivity index (χ3n) is 3.90. The van der Waals surface area contributed by atoms with E-state index in [-0.39, 0.29) is 11.3 Å². The molecule has 0 aliphatic heterocycles. The maximum Gasteiger partial charge on any atom is 0.420 e. The molecule has 9 heteroatoms. The van der Waals surface area contributed by atoms with Crippen molar-refractivity contribution < 1.29 is 33.0 Å². The number of carbonyl (C=O) groups is 2. The van der Waals surface area contributed by atoms with Gasteiger partial charge in [0.15, 0.2) is 0 Å². The van der Waals surface area contributed by atoms with Crippen LogP contribution in [0.15, 0.2) is 24.3 Å². The van der Waals surface area contributed by atoms with Crippen molar-refractivity contribution in [3.63, 3.8) is 0 Å². The average molecular weight is 388 g/mol. The van der Waals surface area contributed by atoms with Crippen LogP contribution in [0.1, 0.15) is 37.4 Å². The van der Waals surface area contributed by atoms with Crippen LogP contribution in [0.4, 0.5) is 18.9 Å². The van der Waals surface area contributed by atoms with Crippen molar-refractivity contribution in [2.45, 2.75) is 20.0 Å². The number of benzene rings is 2. The summed E-state index contributed by atoms with van der Waals surface area (Å²) in [4.78, 5) is 23.4. The molecule has 3 N–H and O–H groups in total. The molecule has 0 aliphatic rings. The van der Waals surface area contributed by atoms with Gasteiger partial charge in [0.25, 0.3) is 5.91 Å². The zero-order valence-electron chi connectivity index (χ0n) is 13.5. The van der Waals surface area contributed by atoms with Crippen LogP contribution < -0.4 is 5.32 Å². The lowest BCUT2D eigenvalue weighted by Gasteiger charge is -2.15. The van der Waals surface area contributed by atoms with E-state index >= 15 is 0 Å². The van der Waals surface area contributed by atoms with Crippen molar-refractivity contribution in [3.8, 4) is 5.75 Å². The number of aromatic hydroxyl groups is 1. The Hall–Kier alpha value is -2.74. The minimum absolute atomic E-state index is 0.0486. The third kappa shape index (κ3) is 3.75. The summed E-state index contributed by atoms with van der Waals surface area (Å²) in [5.41, 5.74) is -0.666. The fraction of sp³-hybridized carbons (Fsp3) is 0.176. The highest BCUT2D eigenvalue weighted by Crippen LogP contribution is 2.40. The summed E-state index contributed by atoms with van der Waals surface area (Å²) in [6.07, 6.45) is -4.89. The van der Waals surface area contributed by atoms with E-state index in [2.05, 4.69) is 5.32 Å². The molecule has 0 fully saturated rings. The molecule has 2 rings (SSSR count). The number of anilines is 1. The van der Waals surface area contributed by atoms with E-state index < -0.39 is 40.0 Å². The molecule has 0 aromatic heterocycles. The van der Waals surface area contributed by atoms with Gasteiger partial charge in [0.05, 0.1) is 16.1 Å². The number of phenols is 1. The highest BCUT2D eigenvalue weighted by molar-refractivity contribution is 6.32. The molecule has 2 aromatic carbocycles. The lowest BCUT2D eigenvalue weighted by atomic mass is 10.0. The minimum atomic E-state index is -4.89. The average Bonchev–Trinajstić information content (AvgIpc) is 2.52. The van der Waals surface area contributed by atoms with E-state index in [0.29, 0.717) is 17.2 Å². The number of halogens is 4. The number of carboxylic acid groups (broad SMARTS) is 1. The minimum Gasteiger partial charge on any atom is -0.506 e. The van der Waals surface area contributed by atoms with Crippen LogP contribution >= 0.6 is 11.6 Å². The van der Waals surface area contributed by atoms with Crippen LogP contribution in [0, 0.1) is 13.8 Å². The fourth-order valence-corrected chi connectivity index (χ4v) is 2.55. The maximum atomic E-state index is 12.9. The van der Waals surface area contributed by atoms with Gasteiger partial charge in [0.2, 0.25) is 0 Å². The molecule has 0 unspecified atom stereocenters. The molecule has 5 nitrogen and oxygen atoms in total. The molecule has 0 heterocycles. The van der Waals surface area contributed by atoms with Crippen molar-refractivity contribution in [1.82, 2.24) is 0 Å². The summed E-state index contributed by atoms with van der Waals surface area (Å²) in [5.74, 6) is -3.18. The van der Waals surface area contributed by atoms with E-state index in [9.17, 15) is 27.9 Å². The summed E-state index contributed by atoms with van der Waals surface area (Å²) in [6.45, 7) is 3.12. The van der Waals surface area contributed by atoms with Crippen LogP contribution in [0.2, 0.25) is 5.02 Å². The number of rotatable bonds is 3. The second kappa shape index (κ2) is 6.87. The van der Waals surface area contributed by atoms with E-state index in [1.165, 1.54) is 12.1 Å². The SMILES string of the molecule is Cc1c(NC(=O)c2cc(Cl)c(O)c(C(F)(F)F)c2)ccc(C(=O)O)c1C. The first kappa shape index (κ1) is 19.6. The number of aromatic carboxylic acids is 1. The Labute approximate surface area is 151 Å². The number of carboxylic acids is 1. The first-order chi connectivity index (χ1) is 11.9. The van der Waals surface area contributed by atoms with E-state index in [1.54, 1.807) is 13.8 Å². The molecule has 2 aromatic rings. The van der Waals surface area contributed by atoms with Crippen molar-refractivity contribution in [3.05, 3.63) is 57.1 Å². The van der Waals surface area contributed by atoms with Gasteiger partial charge in [-0.25, -0.2) is 4.79 Å². The molecular formula is C17H13ClF3NO4. The first-order valence-electron chi connectivity index (χ1n) is 7.18. The van der Waals surface area contributed by atoms with Gasteiger partial charge in [-0.2, -0.15) is 13.2 Å². The summed E-state index contributed by atoms with van der Waals surface area (Å²) in [5, 5.41) is 20.3. The van der Waals surface area contributed by atoms with Gasteiger partial charge in [-0.15, -0.1) is 0 Å². The smallest absolute Gasteiger partial charge is 0.420 e. The van der Waals surface area contributed by atoms with Gasteiger partial charge in [-0.05, 0) is 49.2 Å². The maximum absolute atomic E-state index is 12.9. The Morgan fingerprint density at radius 3 is 2.27 bits per heavy atom. The molecule has 0 saturated heterocycles. The molecule has 0 saturated carbocycles. The Bertz CT molecular complexity index is 910. The molecule has 1 amide bonds. The standard InChI is InChI=1S/C17H13ClF3NO4/c1-7-8(2)13(4-3-10(7)16(25)26)22-15(24)9-5-11(17(19,20)21)14(23)12(18)6-9/h3-6,23H,1-2H3,(H,22,24)(H,25,26). The monoisotopic (exact) mass is 387 g/mol. The van der Waals surface area contributed by atoms with Gasteiger partial charge < -0.3 is 15.5 Å². The molecule has 0 atom stereocenters. The van der Waals surface area contributed by atoms with E-state index in [0.717, 1.165) is 6.07 Å². The topological polar surface area (TPSA) is 86.6 Å². The number of phenolic OH excluding ortho intramolecular Hbond substituents is 1. The Kier molecular flexibility index (Phi) is 5.18. The van der Waals surface area contributed by atoms with Crippen LogP contribution in [0.3, 0.4) is 0 Å². The zero-order valence-corrected chi connectivity index (χ0v) is 14.3. The third-order valence-corrected chi connectivity index (χ3v) is 4.18. The number of alkyl halides is 3. The van der Waals surface area contributed by atoms with Gasteiger partial charge in [-0.1, -0.05) is 11.6 Å². The van der Waals surface area contributed by atoms with E-state index in [1.807, 2.05) is 0 Å². The quantitative estimate of drug-likeness (QED) is 0.716. The fourth-order valence-electron chi connectivity index (χ4n) is 2.33. The highest BCUT2D eigenvalue weighted by atomic mass is 35.5. The zero-order chi connectivity index (χ0) is 19.8. The number of carbonyl (C=O) groups excluding carboxylic acids is 1. The molecule has 26 heavy (non-hydrogen) atoms. The number of hydrogen-bond donors (Lipinski definition) is 3. The summed E-state index contributed by atoms with van der Waals surface area (Å²) in [7, 11) is 0. The van der Waals surface area contributed by atoms with Crippen LogP contribution in [0.5, 0.6) is 5.75 Å². The van der Waals surface area contributed by atoms with Gasteiger partial charge in [-0.3, -0.25) is 4.79 Å². The second-order valence-corrected chi connectivity index (χ2v) is 5.93. The second-order valence-electron chi connectivity index (χ2n) is 5.52. The van der Waals surface area contributed by atoms with Crippen molar-refractivity contribution in [1.29, 1.82) is 0 Å². The van der Waals surface area contributed by atoms with Crippen molar-refractivity contribution in [2.24, 2.45) is 0 Å². The first-order valence-corrected chi connectivity index (χ1v) is 7.55. The lowest BCUT2D eigenvalue weighted by molar-refractivity contribution is -0.138. The number of hydrogen-bond acceptors (Lipinski definition) is 3. The van der Waals surface area contributed by atoms with Gasteiger partial charge >= 0.3 is 12.1 Å². The molecule has 138 valence electrons.